The van der Waals surface area contributed by atoms with Gasteiger partial charge in [-0.3, -0.25) is 19.2 Å². The molecule has 3 fully saturated rings. The Morgan fingerprint density at radius 3 is 2.44 bits per heavy atom. The Morgan fingerprint density at radius 1 is 0.979 bits per heavy atom. The predicted molar refractivity (Wildman–Crippen MR) is 177 cm³/mol. The van der Waals surface area contributed by atoms with Crippen LogP contribution in [0.2, 0.25) is 0 Å². The van der Waals surface area contributed by atoms with Gasteiger partial charge in [-0.05, 0) is 66.6 Å². The number of hydrogen-bond acceptors (Lipinski definition) is 7. The highest BCUT2D eigenvalue weighted by Gasteiger charge is 2.70. The maximum Gasteiger partial charge on any atom is 0.418 e. The number of imide groups is 1. The summed E-state index contributed by atoms with van der Waals surface area (Å²) in [6.07, 6.45) is -4.19. The third kappa shape index (κ3) is 5.02. The molecular formula is C34H25BrF3N3O5S2. The number of carbonyl (C=O) groups is 3. The van der Waals surface area contributed by atoms with E-state index in [1.54, 1.807) is 36.4 Å². The number of fused-ring (bicyclic) bond motifs is 9. The quantitative estimate of drug-likeness (QED) is 0.207. The minimum atomic E-state index is -4.75. The number of H-pyrrole nitrogens is 1. The van der Waals surface area contributed by atoms with Gasteiger partial charge in [-0.15, -0.1) is 11.8 Å². The van der Waals surface area contributed by atoms with E-state index < -0.39 is 47.0 Å². The molecule has 246 valence electrons. The second-order valence-electron chi connectivity index (χ2n) is 12.4. The Labute approximate surface area is 288 Å². The molecule has 0 unspecified atom stereocenters. The maximum atomic E-state index is 14.1. The van der Waals surface area contributed by atoms with Gasteiger partial charge in [0.15, 0.2) is 6.61 Å². The number of amides is 3. The monoisotopic (exact) mass is 755 g/mol. The van der Waals surface area contributed by atoms with Crippen LogP contribution < -0.4 is 19.8 Å². The minimum Gasteiger partial charge on any atom is -0.483 e. The molecule has 3 heterocycles. The van der Waals surface area contributed by atoms with Crippen molar-refractivity contribution < 1.29 is 32.3 Å². The number of rotatable bonds is 6. The van der Waals surface area contributed by atoms with E-state index in [9.17, 15) is 32.3 Å². The molecule has 7 atom stereocenters. The number of anilines is 2. The van der Waals surface area contributed by atoms with Crippen LogP contribution in [0, 0.1) is 29.6 Å². The highest BCUT2D eigenvalue weighted by molar-refractivity contribution is 9.10. The molecule has 4 aliphatic rings. The molecule has 2 aliphatic carbocycles. The second-order valence-corrected chi connectivity index (χ2v) is 15.5. The number of para-hydroxylation sites is 2. The van der Waals surface area contributed by atoms with Gasteiger partial charge in [0.05, 0.1) is 28.1 Å². The zero-order valence-electron chi connectivity index (χ0n) is 24.7. The molecule has 14 heteroatoms. The minimum absolute atomic E-state index is 0.193. The number of nitrogens with zero attached hydrogens (tertiary/aromatic N) is 1. The van der Waals surface area contributed by atoms with Gasteiger partial charge in [-0.25, -0.2) is 4.90 Å². The SMILES string of the molecule is O=C(COc1ccc(Br)cc1[C@@H]1c2sc(=O)[nH]c2S[C@@H]2[C@@H]3C[C@@H]([C@@H]4C(=O)N(c5ccccc5C(F)(F)F)C(=O)[C@@H]34)[C@H]12)Nc1ccccc1. The Kier molecular flexibility index (Phi) is 7.60. The summed E-state index contributed by atoms with van der Waals surface area (Å²) in [5, 5.41) is 3.28. The summed E-state index contributed by atoms with van der Waals surface area (Å²) in [4.78, 5) is 57.8. The van der Waals surface area contributed by atoms with Crippen LogP contribution in [0.25, 0.3) is 0 Å². The van der Waals surface area contributed by atoms with Gasteiger partial charge in [0.2, 0.25) is 11.8 Å². The standard InChI is InChI=1S/C34H25BrF3N3O5S2/c35-15-10-11-22(46-14-23(42)39-16-6-2-1-3-7-16)17(12-15)24-25-18-13-19(28(25)47-30-29(24)48-33(45)40-30)27-26(18)31(43)41(32(27)44)21-9-5-4-8-20(21)34(36,37)38/h1-12,18-19,24-28H,13-14H2,(H,39,42)(H,40,45)/t18-,19-,24+,25-,26+,27+,28-/m1/s1. The van der Waals surface area contributed by atoms with Gasteiger partial charge in [0, 0.05) is 31.8 Å². The number of alkyl halides is 3. The molecule has 4 aromatic rings. The fourth-order valence-corrected chi connectivity index (χ4v) is 11.5. The van der Waals surface area contributed by atoms with E-state index in [1.807, 2.05) is 12.1 Å². The lowest BCUT2D eigenvalue weighted by Gasteiger charge is -2.43. The Balaban J connectivity index is 1.16. The van der Waals surface area contributed by atoms with Crippen molar-refractivity contribution in [3.05, 3.63) is 103 Å². The summed E-state index contributed by atoms with van der Waals surface area (Å²) in [5.41, 5.74) is -0.143. The Hall–Kier alpha value is -3.88. The number of benzene rings is 3. The zero-order chi connectivity index (χ0) is 33.5. The molecule has 3 aromatic carbocycles. The molecule has 1 aromatic heterocycles. The molecule has 2 aliphatic heterocycles. The molecule has 0 radical (unpaired) electrons. The normalized spacial score (nSPS) is 27.1. The summed E-state index contributed by atoms with van der Waals surface area (Å²) in [6, 6.07) is 19.1. The molecule has 2 bridgehead atoms. The first-order valence-corrected chi connectivity index (χ1v) is 17.7. The molecule has 2 N–H and O–H groups in total. The third-order valence-electron chi connectivity index (χ3n) is 9.90. The first kappa shape index (κ1) is 31.4. The van der Waals surface area contributed by atoms with Crippen molar-refractivity contribution in [1.82, 2.24) is 4.98 Å². The molecule has 48 heavy (non-hydrogen) atoms. The number of aromatic nitrogens is 1. The number of hydrogen-bond donors (Lipinski definition) is 2. The number of halogens is 4. The highest BCUT2D eigenvalue weighted by atomic mass is 79.9. The van der Waals surface area contributed by atoms with Gasteiger partial charge < -0.3 is 15.0 Å². The third-order valence-corrected chi connectivity index (χ3v) is 13.0. The molecule has 8 nitrogen and oxygen atoms in total. The van der Waals surface area contributed by atoms with E-state index in [2.05, 4.69) is 26.2 Å². The van der Waals surface area contributed by atoms with Crippen molar-refractivity contribution in [2.45, 2.75) is 28.8 Å². The van der Waals surface area contributed by atoms with Crippen molar-refractivity contribution >= 4 is 68.1 Å². The van der Waals surface area contributed by atoms with Gasteiger partial charge in [0.1, 0.15) is 5.75 Å². The smallest absolute Gasteiger partial charge is 0.418 e. The van der Waals surface area contributed by atoms with E-state index in [1.165, 1.54) is 30.0 Å². The van der Waals surface area contributed by atoms with Crippen LogP contribution >= 0.6 is 39.0 Å². The summed E-state index contributed by atoms with van der Waals surface area (Å²) in [5.74, 6) is -4.00. The van der Waals surface area contributed by atoms with Gasteiger partial charge in [-0.2, -0.15) is 13.2 Å². The molecule has 3 amide bonds. The van der Waals surface area contributed by atoms with Crippen molar-refractivity contribution in [2.24, 2.45) is 29.6 Å². The average Bonchev–Trinajstić information content (AvgIpc) is 3.79. The van der Waals surface area contributed by atoms with Crippen LogP contribution in [0.5, 0.6) is 5.75 Å². The summed E-state index contributed by atoms with van der Waals surface area (Å²) < 4.78 is 48.9. The fraction of sp³-hybridized carbons (Fsp3) is 0.294. The van der Waals surface area contributed by atoms with Crippen molar-refractivity contribution in [1.29, 1.82) is 0 Å². The number of ether oxygens (including phenoxy) is 1. The second kappa shape index (κ2) is 11.6. The highest BCUT2D eigenvalue weighted by Crippen LogP contribution is 2.69. The Bertz CT molecular complexity index is 2040. The van der Waals surface area contributed by atoms with E-state index in [0.29, 0.717) is 28.4 Å². The first-order valence-electron chi connectivity index (χ1n) is 15.2. The van der Waals surface area contributed by atoms with Crippen LogP contribution in [-0.4, -0.2) is 34.6 Å². The van der Waals surface area contributed by atoms with E-state index in [0.717, 1.165) is 31.7 Å². The maximum absolute atomic E-state index is 14.1. The molecule has 2 saturated carbocycles. The van der Waals surface area contributed by atoms with E-state index in [-0.39, 0.29) is 40.4 Å². The van der Waals surface area contributed by atoms with Crippen molar-refractivity contribution in [3.63, 3.8) is 0 Å². The number of nitrogens with one attached hydrogen (secondary N) is 2. The first-order chi connectivity index (χ1) is 23.0. The number of thiazole rings is 1. The van der Waals surface area contributed by atoms with Crippen molar-refractivity contribution in [3.8, 4) is 5.75 Å². The average molecular weight is 757 g/mol. The lowest BCUT2D eigenvalue weighted by atomic mass is 9.68. The number of carbonyl (C=O) groups excluding carboxylic acids is 3. The summed E-state index contributed by atoms with van der Waals surface area (Å²) >= 11 is 6.10. The summed E-state index contributed by atoms with van der Waals surface area (Å²) in [6.45, 7) is -0.285. The fourth-order valence-electron chi connectivity index (χ4n) is 8.27. The molecule has 0 spiro atoms. The lowest BCUT2D eigenvalue weighted by Crippen LogP contribution is -2.42. The summed E-state index contributed by atoms with van der Waals surface area (Å²) in [7, 11) is 0. The molecule has 8 rings (SSSR count). The predicted octanol–water partition coefficient (Wildman–Crippen LogP) is 6.91. The van der Waals surface area contributed by atoms with Crippen LogP contribution in [0.4, 0.5) is 24.5 Å². The van der Waals surface area contributed by atoms with Crippen LogP contribution in [-0.2, 0) is 20.6 Å². The Morgan fingerprint density at radius 2 is 1.69 bits per heavy atom. The zero-order valence-corrected chi connectivity index (χ0v) is 27.9. The van der Waals surface area contributed by atoms with Gasteiger partial charge in [-0.1, -0.05) is 57.6 Å². The number of thioether (sulfide) groups is 1. The van der Waals surface area contributed by atoms with Crippen LogP contribution in [0.3, 0.4) is 0 Å². The van der Waals surface area contributed by atoms with Gasteiger partial charge >= 0.3 is 11.0 Å². The van der Waals surface area contributed by atoms with Crippen LogP contribution in [0.1, 0.15) is 28.3 Å². The van der Waals surface area contributed by atoms with E-state index in [4.69, 9.17) is 4.74 Å². The molecular weight excluding hydrogens is 731 g/mol. The lowest BCUT2D eigenvalue weighted by molar-refractivity contribution is -0.137. The molecule has 1 saturated heterocycles. The topological polar surface area (TPSA) is 109 Å². The van der Waals surface area contributed by atoms with Gasteiger partial charge in [0.25, 0.3) is 5.91 Å². The van der Waals surface area contributed by atoms with E-state index >= 15 is 0 Å². The largest absolute Gasteiger partial charge is 0.483 e. The van der Waals surface area contributed by atoms with Crippen LogP contribution in [0.15, 0.2) is 87.1 Å². The number of aromatic amines is 1. The van der Waals surface area contributed by atoms with Crippen molar-refractivity contribution in [2.75, 3.05) is 16.8 Å².